The highest BCUT2D eigenvalue weighted by atomic mass is 19.4. The number of carbonyl (C=O) groups excluding carboxylic acids is 1. The van der Waals surface area contributed by atoms with Crippen LogP contribution in [0.1, 0.15) is 46.0 Å². The fraction of sp³-hybridized carbons (Fsp3) is 0.783. The largest absolute Gasteiger partial charge is 0.391 e. The van der Waals surface area contributed by atoms with E-state index in [4.69, 9.17) is 0 Å². The van der Waals surface area contributed by atoms with E-state index in [1.54, 1.807) is 6.92 Å². The molecule has 0 radical (unpaired) electrons. The number of aliphatic hydroxyl groups excluding tert-OH is 1. The van der Waals surface area contributed by atoms with Crippen LogP contribution in [-0.4, -0.2) is 83.0 Å². The molecular weight excluding hydrogens is 473 g/mol. The minimum atomic E-state index is -4.33. The first kappa shape index (κ1) is 27.5. The van der Waals surface area contributed by atoms with Gasteiger partial charge in [-0.3, -0.25) is 9.69 Å². The van der Waals surface area contributed by atoms with Crippen LogP contribution in [-0.2, 0) is 4.79 Å². The topological polar surface area (TPSA) is 81.6 Å². The van der Waals surface area contributed by atoms with E-state index in [1.807, 2.05) is 4.90 Å². The number of aromatic nitrogens is 2. The highest BCUT2D eigenvalue weighted by Gasteiger charge is 2.46. The molecule has 1 saturated heterocycles. The number of alkyl halides is 4. The van der Waals surface area contributed by atoms with Crippen molar-refractivity contribution in [2.45, 2.75) is 63.9 Å². The average molecular weight is 508 g/mol. The Morgan fingerprint density at radius 1 is 1.29 bits per heavy atom. The molecule has 2 heterocycles. The van der Waals surface area contributed by atoms with Crippen LogP contribution in [0.2, 0.25) is 0 Å². The predicted octanol–water partition coefficient (Wildman–Crippen LogP) is 3.59. The van der Waals surface area contributed by atoms with Crippen LogP contribution in [0.3, 0.4) is 0 Å². The number of ketones is 1. The summed E-state index contributed by atoms with van der Waals surface area (Å²) in [5.74, 6) is -2.62. The van der Waals surface area contributed by atoms with Crippen molar-refractivity contribution in [3.63, 3.8) is 0 Å². The Labute approximate surface area is 202 Å². The van der Waals surface area contributed by atoms with E-state index in [0.717, 1.165) is 6.33 Å². The molecule has 1 aliphatic heterocycles. The third-order valence-electron chi connectivity index (χ3n) is 7.05. The number of β-amino-alcohol motifs (C(OH)–C–C–N with tert-alkyl or cyclic N) is 1. The summed E-state index contributed by atoms with van der Waals surface area (Å²) in [5, 5.41) is 13.3. The number of piperidine rings is 1. The first-order valence-electron chi connectivity index (χ1n) is 12.1. The van der Waals surface area contributed by atoms with E-state index in [9.17, 15) is 23.1 Å². The molecule has 1 aromatic rings. The van der Waals surface area contributed by atoms with Gasteiger partial charge in [0.2, 0.25) is 5.82 Å². The molecule has 35 heavy (non-hydrogen) atoms. The number of anilines is 2. The summed E-state index contributed by atoms with van der Waals surface area (Å²) in [7, 11) is 0. The van der Waals surface area contributed by atoms with Crippen LogP contribution >= 0.6 is 0 Å². The molecule has 1 aromatic heterocycles. The van der Waals surface area contributed by atoms with Crippen molar-refractivity contribution in [2.24, 2.45) is 11.8 Å². The van der Waals surface area contributed by atoms with Gasteiger partial charge in [0.1, 0.15) is 17.8 Å². The summed E-state index contributed by atoms with van der Waals surface area (Å²) in [6.07, 6.45) is -4.31. The highest BCUT2D eigenvalue weighted by molar-refractivity contribution is 5.77. The molecule has 7 nitrogen and oxygen atoms in total. The molecular formula is C23H34F5N5O2. The lowest BCUT2D eigenvalue weighted by molar-refractivity contribution is -0.187. The zero-order valence-corrected chi connectivity index (χ0v) is 20.1. The van der Waals surface area contributed by atoms with Crippen LogP contribution in [0.4, 0.5) is 33.6 Å². The van der Waals surface area contributed by atoms with Crippen molar-refractivity contribution in [1.29, 1.82) is 0 Å². The lowest BCUT2D eigenvalue weighted by Crippen LogP contribution is -2.47. The van der Waals surface area contributed by atoms with Crippen molar-refractivity contribution in [2.75, 3.05) is 49.5 Å². The third-order valence-corrected chi connectivity index (χ3v) is 7.05. The molecule has 1 saturated carbocycles. The zero-order valence-electron chi connectivity index (χ0n) is 20.1. The van der Waals surface area contributed by atoms with Gasteiger partial charge in [0.25, 0.3) is 0 Å². The number of aliphatic hydroxyl groups is 1. The fourth-order valence-electron chi connectivity index (χ4n) is 4.97. The SMILES string of the molecule is CCN(CC1(F)CCC(C(F)(F)F)CC1)c1ncnc(NC[C@H]2CCN(CC(C)=O)C[C@@H]2O)c1F. The van der Waals surface area contributed by atoms with Crippen LogP contribution in [0.5, 0.6) is 0 Å². The standard InChI is InChI=1S/C23H34F5N5O2/c1-3-33(13-22(25)7-4-17(5-8-22)23(26,27)28)21-19(24)20(30-14-31-21)29-10-16-6-9-32(11-15(2)34)12-18(16)35/h14,16-18,35H,3-13H2,1-2H3,(H,29,30,31)/t16-,17?,18+,22?/m1/s1. The summed E-state index contributed by atoms with van der Waals surface area (Å²) in [6, 6.07) is 0. The van der Waals surface area contributed by atoms with Crippen molar-refractivity contribution in [3.05, 3.63) is 12.1 Å². The molecule has 2 fully saturated rings. The van der Waals surface area contributed by atoms with Gasteiger partial charge in [-0.1, -0.05) is 0 Å². The summed E-state index contributed by atoms with van der Waals surface area (Å²) >= 11 is 0. The van der Waals surface area contributed by atoms with Gasteiger partial charge in [-0.15, -0.1) is 0 Å². The van der Waals surface area contributed by atoms with Crippen LogP contribution in [0.15, 0.2) is 6.33 Å². The fourth-order valence-corrected chi connectivity index (χ4v) is 4.97. The summed E-state index contributed by atoms with van der Waals surface area (Å²) < 4.78 is 69.5. The minimum Gasteiger partial charge on any atom is -0.391 e. The molecule has 0 bridgehead atoms. The number of Topliss-reactive ketones (excluding diaryl/α,β-unsaturated/α-hetero) is 1. The van der Waals surface area contributed by atoms with Crippen molar-refractivity contribution in [3.8, 4) is 0 Å². The molecule has 2 N–H and O–H groups in total. The number of nitrogens with zero attached hydrogens (tertiary/aromatic N) is 4. The molecule has 3 rings (SSSR count). The number of rotatable bonds is 9. The van der Waals surface area contributed by atoms with Crippen molar-refractivity contribution in [1.82, 2.24) is 14.9 Å². The summed E-state index contributed by atoms with van der Waals surface area (Å²) in [4.78, 5) is 22.5. The maximum absolute atomic E-state index is 15.4. The summed E-state index contributed by atoms with van der Waals surface area (Å²) in [5.41, 5.74) is -1.86. The van der Waals surface area contributed by atoms with Crippen molar-refractivity contribution >= 4 is 17.4 Å². The first-order valence-corrected chi connectivity index (χ1v) is 12.1. The second-order valence-electron chi connectivity index (χ2n) is 9.77. The number of hydrogen-bond acceptors (Lipinski definition) is 7. The van der Waals surface area contributed by atoms with E-state index in [2.05, 4.69) is 15.3 Å². The second-order valence-corrected chi connectivity index (χ2v) is 9.77. The van der Waals surface area contributed by atoms with Gasteiger partial charge in [0, 0.05) is 25.6 Å². The van der Waals surface area contributed by atoms with Crippen molar-refractivity contribution < 1.29 is 31.9 Å². The Balaban J connectivity index is 1.61. The highest BCUT2D eigenvalue weighted by Crippen LogP contribution is 2.43. The number of carbonyl (C=O) groups is 1. The number of likely N-dealkylation sites (tertiary alicyclic amines) is 1. The molecule has 12 heteroatoms. The number of halogens is 5. The number of nitrogens with one attached hydrogen (secondary N) is 1. The smallest absolute Gasteiger partial charge is 0.391 e. The minimum absolute atomic E-state index is 0.0216. The Bertz CT molecular complexity index is 863. The Morgan fingerprint density at radius 3 is 2.54 bits per heavy atom. The Kier molecular flexibility index (Phi) is 8.90. The normalized spacial score (nSPS) is 28.1. The maximum atomic E-state index is 15.4. The molecule has 2 aliphatic rings. The average Bonchev–Trinajstić information content (AvgIpc) is 2.77. The molecule has 0 amide bonds. The second kappa shape index (κ2) is 11.3. The third kappa shape index (κ3) is 7.22. The van der Waals surface area contributed by atoms with E-state index < -0.39 is 29.7 Å². The van der Waals surface area contributed by atoms with Gasteiger partial charge < -0.3 is 15.3 Å². The molecule has 2 atom stereocenters. The Morgan fingerprint density at radius 2 is 1.97 bits per heavy atom. The lowest BCUT2D eigenvalue weighted by atomic mass is 9.79. The monoisotopic (exact) mass is 507 g/mol. The van der Waals surface area contributed by atoms with Gasteiger partial charge in [-0.25, -0.2) is 14.4 Å². The van der Waals surface area contributed by atoms with Crippen LogP contribution < -0.4 is 10.2 Å². The van der Waals surface area contributed by atoms with E-state index in [1.165, 1.54) is 11.8 Å². The summed E-state index contributed by atoms with van der Waals surface area (Å²) in [6.45, 7) is 4.67. The van der Waals surface area contributed by atoms with Gasteiger partial charge in [-0.05, 0) is 52.5 Å². The Hall–Kier alpha value is -2.08. The van der Waals surface area contributed by atoms with E-state index >= 15 is 8.78 Å². The molecule has 198 valence electrons. The lowest BCUT2D eigenvalue weighted by Gasteiger charge is -2.38. The van der Waals surface area contributed by atoms with Crippen LogP contribution in [0, 0.1) is 17.7 Å². The van der Waals surface area contributed by atoms with Crippen LogP contribution in [0.25, 0.3) is 0 Å². The van der Waals surface area contributed by atoms with Gasteiger partial charge in [-0.2, -0.15) is 17.6 Å². The molecule has 0 unspecified atom stereocenters. The van der Waals surface area contributed by atoms with Gasteiger partial charge in [0.15, 0.2) is 11.6 Å². The number of hydrogen-bond donors (Lipinski definition) is 2. The molecule has 0 aromatic carbocycles. The van der Waals surface area contributed by atoms with E-state index in [0.29, 0.717) is 19.5 Å². The van der Waals surface area contributed by atoms with E-state index in [-0.39, 0.29) is 75.2 Å². The maximum Gasteiger partial charge on any atom is 0.391 e. The quantitative estimate of drug-likeness (QED) is 0.495. The van der Waals surface area contributed by atoms with Gasteiger partial charge in [0.05, 0.1) is 25.1 Å². The molecule has 1 aliphatic carbocycles. The van der Waals surface area contributed by atoms with Gasteiger partial charge >= 0.3 is 6.18 Å². The predicted molar refractivity (Wildman–Crippen MR) is 121 cm³/mol. The molecule has 0 spiro atoms. The first-order chi connectivity index (χ1) is 16.4. The zero-order chi connectivity index (χ0) is 25.8.